The van der Waals surface area contributed by atoms with Crippen molar-refractivity contribution in [2.75, 3.05) is 18.0 Å². The summed E-state index contributed by atoms with van der Waals surface area (Å²) in [7, 11) is 0. The van der Waals surface area contributed by atoms with Crippen molar-refractivity contribution in [2.24, 2.45) is 0 Å². The Morgan fingerprint density at radius 1 is 1.20 bits per heavy atom. The number of halogens is 1. The number of nitrogens with zero attached hydrogens (tertiary/aromatic N) is 6. The topological polar surface area (TPSA) is 122 Å². The molecule has 12 heteroatoms. The van der Waals surface area contributed by atoms with E-state index in [-0.39, 0.29) is 6.04 Å². The first kappa shape index (κ1) is 24.9. The summed E-state index contributed by atoms with van der Waals surface area (Å²) < 4.78 is 5.34. The molecule has 0 spiro atoms. The quantitative estimate of drug-likeness (QED) is 0.368. The summed E-state index contributed by atoms with van der Waals surface area (Å²) >= 11 is 7.79. The number of hydrogen-bond donors (Lipinski definition) is 2. The molecule has 0 radical (unpaired) electrons. The predicted molar refractivity (Wildman–Crippen MR) is 137 cm³/mol. The number of amides is 1. The van der Waals surface area contributed by atoms with Crippen LogP contribution in [0.1, 0.15) is 34.6 Å². The van der Waals surface area contributed by atoms with E-state index in [1.807, 2.05) is 40.7 Å². The molecule has 0 aliphatic carbocycles. The molecule has 1 saturated heterocycles. The van der Waals surface area contributed by atoms with Gasteiger partial charge in [-0.25, -0.2) is 24.7 Å². The van der Waals surface area contributed by atoms with E-state index in [0.29, 0.717) is 45.9 Å². The fourth-order valence-corrected chi connectivity index (χ4v) is 4.43. The van der Waals surface area contributed by atoms with Crippen LogP contribution in [-0.2, 0) is 4.74 Å². The SMILES string of the molecule is CC.CC(C)(C)OC(=O)NC1CN(c2nc(Sc3cnc4nccnc4c3)nc3[nH]cc(Cl)c23)C1. The number of ether oxygens (including phenoxy) is 1. The molecular weight excluding hydrogens is 488 g/mol. The van der Waals surface area contributed by atoms with Crippen LogP contribution < -0.4 is 10.2 Å². The minimum absolute atomic E-state index is 0.0399. The summed E-state index contributed by atoms with van der Waals surface area (Å²) in [5.74, 6) is 0.713. The van der Waals surface area contributed by atoms with Crippen LogP contribution in [0.2, 0.25) is 5.02 Å². The molecule has 184 valence electrons. The van der Waals surface area contributed by atoms with Crippen LogP contribution in [-0.4, -0.2) is 60.7 Å². The van der Waals surface area contributed by atoms with Crippen molar-refractivity contribution in [1.82, 2.24) is 35.2 Å². The van der Waals surface area contributed by atoms with Crippen LogP contribution >= 0.6 is 23.4 Å². The third-order valence-electron chi connectivity index (χ3n) is 4.85. The lowest BCUT2D eigenvalue weighted by molar-refractivity contribution is 0.0496. The molecule has 10 nitrogen and oxygen atoms in total. The first-order valence-electron chi connectivity index (χ1n) is 11.3. The van der Waals surface area contributed by atoms with Crippen molar-refractivity contribution in [3.05, 3.63) is 35.9 Å². The van der Waals surface area contributed by atoms with Gasteiger partial charge in [0.25, 0.3) is 0 Å². The third kappa shape index (κ3) is 5.73. The average Bonchev–Trinajstić information content (AvgIpc) is 3.16. The Balaban J connectivity index is 0.00000141. The molecule has 0 saturated carbocycles. The minimum atomic E-state index is -0.541. The standard InChI is InChI=1S/C21H21ClN8O2S.C2H6/c1-21(2,3)32-20(31)27-11-9-30(10-11)18-15-13(22)8-26-17(15)28-19(29-18)33-12-6-14-16(25-7-12)24-5-4-23-14;1-2/h4-8,11H,9-10H2,1-3H3,(H,27,31)(H,26,28,29);1-2H3. The normalized spacial score (nSPS) is 13.8. The van der Waals surface area contributed by atoms with Crippen LogP contribution in [0.5, 0.6) is 0 Å². The number of H-pyrrole nitrogens is 1. The fourth-order valence-electron chi connectivity index (χ4n) is 3.45. The Hall–Kier alpha value is -3.18. The maximum atomic E-state index is 12.1. The number of alkyl carbamates (subject to hydrolysis) is 1. The van der Waals surface area contributed by atoms with E-state index in [0.717, 1.165) is 10.3 Å². The van der Waals surface area contributed by atoms with Gasteiger partial charge in [-0.3, -0.25) is 4.98 Å². The van der Waals surface area contributed by atoms with Crippen molar-refractivity contribution in [1.29, 1.82) is 0 Å². The Kier molecular flexibility index (Phi) is 7.27. The zero-order chi connectivity index (χ0) is 25.2. The van der Waals surface area contributed by atoms with Crippen molar-refractivity contribution in [2.45, 2.75) is 56.3 Å². The van der Waals surface area contributed by atoms with Crippen LogP contribution in [0.25, 0.3) is 22.2 Å². The van der Waals surface area contributed by atoms with Gasteiger partial charge in [0.05, 0.1) is 16.5 Å². The number of aromatic nitrogens is 6. The van der Waals surface area contributed by atoms with E-state index >= 15 is 0 Å². The van der Waals surface area contributed by atoms with Gasteiger partial charge < -0.3 is 19.9 Å². The van der Waals surface area contributed by atoms with Crippen LogP contribution in [0.15, 0.2) is 40.9 Å². The number of anilines is 1. The maximum Gasteiger partial charge on any atom is 0.407 e. The highest BCUT2D eigenvalue weighted by Crippen LogP contribution is 2.36. The second kappa shape index (κ2) is 10.2. The third-order valence-corrected chi connectivity index (χ3v) is 5.98. The molecule has 4 aromatic rings. The number of rotatable bonds is 4. The maximum absolute atomic E-state index is 12.1. The van der Waals surface area contributed by atoms with Crippen molar-refractivity contribution >= 4 is 57.5 Å². The molecule has 0 unspecified atom stereocenters. The highest BCUT2D eigenvalue weighted by molar-refractivity contribution is 7.99. The van der Waals surface area contributed by atoms with Gasteiger partial charge in [-0.1, -0.05) is 25.4 Å². The van der Waals surface area contributed by atoms with Crippen LogP contribution in [0.3, 0.4) is 0 Å². The first-order chi connectivity index (χ1) is 16.7. The molecule has 2 N–H and O–H groups in total. The van der Waals surface area contributed by atoms with Gasteiger partial charge in [0, 0.05) is 42.8 Å². The Morgan fingerprint density at radius 3 is 2.69 bits per heavy atom. The predicted octanol–water partition coefficient (Wildman–Crippen LogP) is 4.84. The summed E-state index contributed by atoms with van der Waals surface area (Å²) in [6.07, 6.45) is 6.23. The van der Waals surface area contributed by atoms with E-state index in [1.54, 1.807) is 24.8 Å². The van der Waals surface area contributed by atoms with Gasteiger partial charge in [-0.05, 0) is 38.6 Å². The monoisotopic (exact) mass is 514 g/mol. The average molecular weight is 515 g/mol. The van der Waals surface area contributed by atoms with Gasteiger partial charge in [0.1, 0.15) is 22.6 Å². The molecular formula is C23H27ClN8O2S. The van der Waals surface area contributed by atoms with E-state index in [1.165, 1.54) is 11.8 Å². The number of nitrogens with one attached hydrogen (secondary N) is 2. The molecule has 35 heavy (non-hydrogen) atoms. The highest BCUT2D eigenvalue weighted by Gasteiger charge is 2.33. The smallest absolute Gasteiger partial charge is 0.407 e. The molecule has 0 aromatic carbocycles. The molecule has 0 bridgehead atoms. The van der Waals surface area contributed by atoms with Gasteiger partial charge in [-0.2, -0.15) is 0 Å². The second-order valence-electron chi connectivity index (χ2n) is 8.61. The molecule has 5 heterocycles. The molecule has 4 aromatic heterocycles. The Labute approximate surface area is 212 Å². The lowest BCUT2D eigenvalue weighted by atomic mass is 10.1. The Bertz CT molecular complexity index is 1350. The molecule has 1 aliphatic rings. The number of hydrogen-bond acceptors (Lipinski definition) is 9. The van der Waals surface area contributed by atoms with E-state index in [9.17, 15) is 4.79 Å². The van der Waals surface area contributed by atoms with E-state index in [2.05, 4.69) is 35.1 Å². The second-order valence-corrected chi connectivity index (χ2v) is 10.1. The summed E-state index contributed by atoms with van der Waals surface area (Å²) in [4.78, 5) is 40.3. The van der Waals surface area contributed by atoms with E-state index < -0.39 is 11.7 Å². The molecule has 1 amide bonds. The van der Waals surface area contributed by atoms with Crippen LogP contribution in [0.4, 0.5) is 10.6 Å². The van der Waals surface area contributed by atoms with Gasteiger partial charge in [0.15, 0.2) is 10.8 Å². The van der Waals surface area contributed by atoms with Gasteiger partial charge >= 0.3 is 6.09 Å². The summed E-state index contributed by atoms with van der Waals surface area (Å²) in [5, 5.41) is 4.73. The number of pyridine rings is 1. The molecule has 1 aliphatic heterocycles. The lowest BCUT2D eigenvalue weighted by Crippen LogP contribution is -2.60. The molecule has 1 fully saturated rings. The van der Waals surface area contributed by atoms with Crippen molar-refractivity contribution in [3.63, 3.8) is 0 Å². The molecule has 0 atom stereocenters. The zero-order valence-corrected chi connectivity index (χ0v) is 21.7. The zero-order valence-electron chi connectivity index (χ0n) is 20.2. The summed E-state index contributed by atoms with van der Waals surface area (Å²) in [5.41, 5.74) is 1.38. The highest BCUT2D eigenvalue weighted by atomic mass is 35.5. The van der Waals surface area contributed by atoms with Gasteiger partial charge in [0.2, 0.25) is 0 Å². The fraction of sp³-hybridized carbons (Fsp3) is 0.391. The largest absolute Gasteiger partial charge is 0.444 e. The number of aromatic amines is 1. The number of fused-ring (bicyclic) bond motifs is 2. The van der Waals surface area contributed by atoms with Crippen molar-refractivity contribution < 1.29 is 9.53 Å². The Morgan fingerprint density at radius 2 is 1.94 bits per heavy atom. The molecule has 5 rings (SSSR count). The first-order valence-corrected chi connectivity index (χ1v) is 12.5. The lowest BCUT2D eigenvalue weighted by Gasteiger charge is -2.40. The number of carbonyl (C=O) groups is 1. The van der Waals surface area contributed by atoms with Gasteiger partial charge in [-0.15, -0.1) is 0 Å². The van der Waals surface area contributed by atoms with Crippen LogP contribution in [0, 0.1) is 0 Å². The summed E-state index contributed by atoms with van der Waals surface area (Å²) in [6.45, 7) is 10.7. The summed E-state index contributed by atoms with van der Waals surface area (Å²) in [6, 6.07) is 1.86. The van der Waals surface area contributed by atoms with Crippen molar-refractivity contribution in [3.8, 4) is 0 Å². The minimum Gasteiger partial charge on any atom is -0.444 e. The number of carbonyl (C=O) groups excluding carboxylic acids is 1. The van der Waals surface area contributed by atoms with E-state index in [4.69, 9.17) is 21.3 Å².